The molecular weight excluding hydrogens is 647 g/mol. The average molecular weight is 686 g/mol. The van der Waals surface area contributed by atoms with Crippen molar-refractivity contribution in [3.05, 3.63) is 186 Å². The molecule has 0 bridgehead atoms. The van der Waals surface area contributed by atoms with Crippen LogP contribution in [0.3, 0.4) is 0 Å². The molecule has 250 valence electrons. The van der Waals surface area contributed by atoms with E-state index in [2.05, 4.69) is 196 Å². The van der Waals surface area contributed by atoms with E-state index in [0.29, 0.717) is 0 Å². The van der Waals surface area contributed by atoms with E-state index in [-0.39, 0.29) is 10.8 Å². The van der Waals surface area contributed by atoms with Crippen molar-refractivity contribution in [2.24, 2.45) is 0 Å². The summed E-state index contributed by atoms with van der Waals surface area (Å²) in [5.41, 5.74) is 18.0. The Balaban J connectivity index is 1.05. The number of hydrogen-bond donors (Lipinski definition) is 0. The molecular formula is C50H39NS. The summed E-state index contributed by atoms with van der Waals surface area (Å²) in [6, 6.07) is 60.7. The Kier molecular flexibility index (Phi) is 6.81. The van der Waals surface area contributed by atoms with Crippen LogP contribution >= 0.6 is 11.3 Å². The molecule has 0 N–H and O–H groups in total. The van der Waals surface area contributed by atoms with Gasteiger partial charge in [-0.1, -0.05) is 143 Å². The van der Waals surface area contributed by atoms with E-state index in [1.807, 2.05) is 11.3 Å². The van der Waals surface area contributed by atoms with Crippen LogP contribution in [0.4, 0.5) is 17.1 Å². The standard InChI is InChI=1S/C50H39NS/c1-49(2)43-16-10-8-14-39(43)42-31-38(27-29-44(42)49)51(36-23-18-33(19-24-36)32-12-6-5-7-13-32)37-25-20-34(21-26-37)35-22-28-40-45(30-35)50(3,4)47-41-15-9-11-17-46(41)52-48(40)47/h5-31H,1-4H3. The number of rotatable bonds is 5. The molecule has 2 aliphatic carbocycles. The van der Waals surface area contributed by atoms with Gasteiger partial charge in [0.1, 0.15) is 0 Å². The lowest BCUT2D eigenvalue weighted by molar-refractivity contribution is 0.660. The van der Waals surface area contributed by atoms with Gasteiger partial charge in [-0.05, 0) is 115 Å². The largest absolute Gasteiger partial charge is 0.310 e. The molecule has 0 saturated heterocycles. The van der Waals surface area contributed by atoms with Crippen LogP contribution in [-0.4, -0.2) is 0 Å². The maximum Gasteiger partial charge on any atom is 0.0468 e. The summed E-state index contributed by atoms with van der Waals surface area (Å²) in [5.74, 6) is 0. The third-order valence-electron chi connectivity index (χ3n) is 11.7. The summed E-state index contributed by atoms with van der Waals surface area (Å²) in [6.07, 6.45) is 0. The number of nitrogens with zero attached hydrogens (tertiary/aromatic N) is 1. The maximum absolute atomic E-state index is 2.44. The molecule has 1 nitrogen and oxygen atoms in total. The normalized spacial score (nSPS) is 14.5. The average Bonchev–Trinajstić information content (AvgIpc) is 3.76. The Morgan fingerprint density at radius 3 is 1.73 bits per heavy atom. The number of fused-ring (bicyclic) bond motifs is 8. The maximum atomic E-state index is 2.44. The van der Waals surface area contributed by atoms with Gasteiger partial charge in [0.2, 0.25) is 0 Å². The van der Waals surface area contributed by atoms with Gasteiger partial charge in [0.15, 0.2) is 0 Å². The molecule has 52 heavy (non-hydrogen) atoms. The number of thiophene rings is 1. The summed E-state index contributed by atoms with van der Waals surface area (Å²) in [4.78, 5) is 3.83. The lowest BCUT2D eigenvalue weighted by atomic mass is 9.80. The molecule has 0 radical (unpaired) electrons. The minimum Gasteiger partial charge on any atom is -0.310 e. The third kappa shape index (κ3) is 4.60. The SMILES string of the molecule is CC1(C)c2ccccc2-c2cc(N(c3ccc(-c4ccccc4)cc3)c3ccc(-c4ccc5c(c4)C(C)(C)c4c-5sc5ccccc45)cc3)ccc21. The predicted molar refractivity (Wildman–Crippen MR) is 223 cm³/mol. The summed E-state index contributed by atoms with van der Waals surface area (Å²) >= 11 is 1.93. The second-order valence-corrected chi connectivity index (χ2v) is 16.4. The van der Waals surface area contributed by atoms with Gasteiger partial charge in [-0.3, -0.25) is 0 Å². The molecule has 0 atom stereocenters. The minimum absolute atomic E-state index is 0.0313. The zero-order valence-corrected chi connectivity index (χ0v) is 30.8. The molecule has 1 heterocycles. The zero-order valence-electron chi connectivity index (χ0n) is 29.9. The first-order valence-corrected chi connectivity index (χ1v) is 19.1. The smallest absolute Gasteiger partial charge is 0.0468 e. The fraction of sp³-hybridized carbons (Fsp3) is 0.120. The molecule has 0 unspecified atom stereocenters. The Hall–Kier alpha value is -5.70. The van der Waals surface area contributed by atoms with E-state index in [1.54, 1.807) is 0 Å². The molecule has 7 aromatic carbocycles. The van der Waals surface area contributed by atoms with Crippen molar-refractivity contribution in [3.63, 3.8) is 0 Å². The van der Waals surface area contributed by atoms with Gasteiger partial charge in [0.05, 0.1) is 0 Å². The van der Waals surface area contributed by atoms with Crippen molar-refractivity contribution < 1.29 is 0 Å². The van der Waals surface area contributed by atoms with Crippen molar-refractivity contribution in [2.45, 2.75) is 38.5 Å². The Bertz CT molecular complexity index is 2660. The van der Waals surface area contributed by atoms with E-state index in [0.717, 1.165) is 17.1 Å². The van der Waals surface area contributed by atoms with Crippen LogP contribution in [-0.2, 0) is 10.8 Å². The van der Waals surface area contributed by atoms with Crippen molar-refractivity contribution in [2.75, 3.05) is 4.90 Å². The molecule has 8 aromatic rings. The third-order valence-corrected chi connectivity index (χ3v) is 12.9. The fourth-order valence-corrected chi connectivity index (χ4v) is 10.4. The summed E-state index contributed by atoms with van der Waals surface area (Å²) < 4.78 is 1.38. The molecule has 0 fully saturated rings. The van der Waals surface area contributed by atoms with Gasteiger partial charge in [0.25, 0.3) is 0 Å². The van der Waals surface area contributed by atoms with Crippen LogP contribution in [0.1, 0.15) is 49.9 Å². The van der Waals surface area contributed by atoms with E-state index >= 15 is 0 Å². The molecule has 0 saturated carbocycles. The van der Waals surface area contributed by atoms with Crippen LogP contribution in [0.2, 0.25) is 0 Å². The monoisotopic (exact) mass is 685 g/mol. The van der Waals surface area contributed by atoms with Crippen LogP contribution in [0, 0.1) is 0 Å². The molecule has 0 amide bonds. The molecule has 2 heteroatoms. The van der Waals surface area contributed by atoms with Crippen molar-refractivity contribution >= 4 is 38.5 Å². The van der Waals surface area contributed by atoms with E-state index in [4.69, 9.17) is 0 Å². The van der Waals surface area contributed by atoms with Crippen LogP contribution in [0.25, 0.3) is 53.9 Å². The topological polar surface area (TPSA) is 3.24 Å². The molecule has 0 spiro atoms. The highest BCUT2D eigenvalue weighted by molar-refractivity contribution is 7.22. The predicted octanol–water partition coefficient (Wildman–Crippen LogP) is 14.3. The summed E-state index contributed by atoms with van der Waals surface area (Å²) in [7, 11) is 0. The molecule has 10 rings (SSSR count). The fourth-order valence-electron chi connectivity index (χ4n) is 8.96. The highest BCUT2D eigenvalue weighted by Crippen LogP contribution is 2.56. The number of anilines is 3. The van der Waals surface area contributed by atoms with Gasteiger partial charge in [0, 0.05) is 37.5 Å². The first-order valence-electron chi connectivity index (χ1n) is 18.3. The molecule has 1 aromatic heterocycles. The lowest BCUT2D eigenvalue weighted by Gasteiger charge is -2.27. The van der Waals surface area contributed by atoms with E-state index < -0.39 is 0 Å². The van der Waals surface area contributed by atoms with Crippen LogP contribution in [0.5, 0.6) is 0 Å². The van der Waals surface area contributed by atoms with E-state index in [1.165, 1.54) is 76.2 Å². The van der Waals surface area contributed by atoms with Crippen molar-refractivity contribution in [1.29, 1.82) is 0 Å². The highest BCUT2D eigenvalue weighted by atomic mass is 32.1. The van der Waals surface area contributed by atoms with Gasteiger partial charge in [-0.15, -0.1) is 11.3 Å². The minimum atomic E-state index is -0.0519. The quantitative estimate of drug-likeness (QED) is 0.174. The highest BCUT2D eigenvalue weighted by Gasteiger charge is 2.39. The molecule has 0 aliphatic heterocycles. The first-order chi connectivity index (χ1) is 25.3. The van der Waals surface area contributed by atoms with Gasteiger partial charge < -0.3 is 4.90 Å². The lowest BCUT2D eigenvalue weighted by Crippen LogP contribution is -2.15. The Labute approximate surface area is 310 Å². The molecule has 2 aliphatic rings. The number of hydrogen-bond acceptors (Lipinski definition) is 2. The van der Waals surface area contributed by atoms with Gasteiger partial charge >= 0.3 is 0 Å². The van der Waals surface area contributed by atoms with E-state index in [9.17, 15) is 0 Å². The van der Waals surface area contributed by atoms with Crippen molar-refractivity contribution in [1.82, 2.24) is 0 Å². The van der Waals surface area contributed by atoms with Crippen LogP contribution in [0.15, 0.2) is 164 Å². The Morgan fingerprint density at radius 1 is 0.404 bits per heavy atom. The van der Waals surface area contributed by atoms with Crippen LogP contribution < -0.4 is 4.90 Å². The van der Waals surface area contributed by atoms with Crippen molar-refractivity contribution in [3.8, 4) is 43.8 Å². The summed E-state index contributed by atoms with van der Waals surface area (Å²) in [5, 5.41) is 1.39. The van der Waals surface area contributed by atoms with Gasteiger partial charge in [-0.25, -0.2) is 0 Å². The number of benzene rings is 7. The second kappa shape index (κ2) is 11.4. The zero-order chi connectivity index (χ0) is 35.2. The second-order valence-electron chi connectivity index (χ2n) is 15.4. The van der Waals surface area contributed by atoms with Gasteiger partial charge in [-0.2, -0.15) is 0 Å². The Morgan fingerprint density at radius 2 is 0.981 bits per heavy atom. The first kappa shape index (κ1) is 31.1. The summed E-state index contributed by atoms with van der Waals surface area (Å²) in [6.45, 7) is 9.47.